The number of hydrogen-bond acceptors (Lipinski definition) is 5. The number of carbonyl (C=O) groups excluding carboxylic acids is 1. The molecule has 1 atom stereocenters. The second-order valence-corrected chi connectivity index (χ2v) is 9.23. The van der Waals surface area contributed by atoms with Crippen LogP contribution in [-0.4, -0.2) is 20.1 Å². The molecule has 1 fully saturated rings. The van der Waals surface area contributed by atoms with Crippen LogP contribution in [0.2, 0.25) is 0 Å². The van der Waals surface area contributed by atoms with Crippen molar-refractivity contribution in [1.29, 1.82) is 0 Å². The van der Waals surface area contributed by atoms with E-state index in [4.69, 9.17) is 9.47 Å². The molecule has 2 aromatic rings. The van der Waals surface area contributed by atoms with E-state index in [9.17, 15) is 13.2 Å². The van der Waals surface area contributed by atoms with Gasteiger partial charge in [-0.2, -0.15) is 0 Å². The third-order valence-electron chi connectivity index (χ3n) is 5.60. The molecule has 28 heavy (non-hydrogen) atoms. The average Bonchev–Trinajstić information content (AvgIpc) is 3.33. The van der Waals surface area contributed by atoms with Crippen LogP contribution in [0, 0.1) is 0 Å². The minimum Gasteiger partial charge on any atom is -0.448 e. The summed E-state index contributed by atoms with van der Waals surface area (Å²) in [6.45, 7) is 1.75. The first-order valence-corrected chi connectivity index (χ1v) is 10.8. The molecule has 3 aliphatic rings. The number of nitrogens with one attached hydrogen (secondary N) is 2. The first-order valence-electron chi connectivity index (χ1n) is 9.35. The van der Waals surface area contributed by atoms with E-state index in [0.29, 0.717) is 28.4 Å². The maximum Gasteiger partial charge on any atom is 0.261 e. The Kier molecular flexibility index (Phi) is 3.64. The highest BCUT2D eigenvalue weighted by molar-refractivity contribution is 7.92. The number of carbonyl (C=O) groups is 1. The van der Waals surface area contributed by atoms with Gasteiger partial charge in [-0.25, -0.2) is 8.42 Å². The molecule has 0 saturated heterocycles. The number of amides is 1. The molecule has 2 aromatic carbocycles. The zero-order valence-corrected chi connectivity index (χ0v) is 16.1. The van der Waals surface area contributed by atoms with Gasteiger partial charge in [0.1, 0.15) is 0 Å². The van der Waals surface area contributed by atoms with E-state index in [-0.39, 0.29) is 16.7 Å². The Bertz CT molecular complexity index is 1090. The Hall–Kier alpha value is -2.74. The molecule has 2 heterocycles. The summed E-state index contributed by atoms with van der Waals surface area (Å²) in [4.78, 5) is 11.9. The Morgan fingerprint density at radius 2 is 1.82 bits per heavy atom. The summed E-state index contributed by atoms with van der Waals surface area (Å²) in [5, 5.41) is 2.74. The van der Waals surface area contributed by atoms with E-state index in [0.717, 1.165) is 25.7 Å². The van der Waals surface area contributed by atoms with Crippen LogP contribution in [0.15, 0.2) is 41.3 Å². The van der Waals surface area contributed by atoms with Gasteiger partial charge < -0.3 is 14.8 Å². The quantitative estimate of drug-likeness (QED) is 0.821. The van der Waals surface area contributed by atoms with Crippen molar-refractivity contribution in [3.63, 3.8) is 0 Å². The highest BCUT2D eigenvalue weighted by atomic mass is 32.2. The molecule has 8 heteroatoms. The van der Waals surface area contributed by atoms with Gasteiger partial charge in [-0.3, -0.25) is 9.52 Å². The van der Waals surface area contributed by atoms with Gasteiger partial charge in [-0.05, 0) is 55.7 Å². The molecule has 0 bridgehead atoms. The summed E-state index contributed by atoms with van der Waals surface area (Å²) in [6.07, 6.45) is 3.79. The van der Waals surface area contributed by atoms with E-state index >= 15 is 0 Å². The molecule has 2 aliphatic heterocycles. The number of ether oxygens (including phenoxy) is 2. The molecule has 1 saturated carbocycles. The number of hydrogen-bond donors (Lipinski definition) is 2. The summed E-state index contributed by atoms with van der Waals surface area (Å²) in [5.41, 5.74) is 1.74. The fourth-order valence-electron chi connectivity index (χ4n) is 4.05. The second kappa shape index (κ2) is 5.88. The minimum absolute atomic E-state index is 0.111. The van der Waals surface area contributed by atoms with Crippen molar-refractivity contribution in [3.05, 3.63) is 42.0 Å². The molecule has 0 radical (unpaired) electrons. The van der Waals surface area contributed by atoms with Crippen LogP contribution in [0.5, 0.6) is 11.5 Å². The standard InChI is InChI=1S/C20H20N2O5S/c1-12-15-11-14(5-6-16(15)21-19(12)23)28(24,25)22-13-4-7-17-18(10-13)27-20(26-17)8-2-3-9-20/h4-7,10-12,22H,2-3,8-9H2,1H3,(H,21,23). The van der Waals surface area contributed by atoms with E-state index in [1.54, 1.807) is 37.3 Å². The summed E-state index contributed by atoms with van der Waals surface area (Å²) < 4.78 is 40.3. The van der Waals surface area contributed by atoms with Crippen LogP contribution < -0.4 is 19.5 Å². The zero-order chi connectivity index (χ0) is 19.5. The number of benzene rings is 2. The van der Waals surface area contributed by atoms with Gasteiger partial charge in [-0.1, -0.05) is 0 Å². The molecule has 5 rings (SSSR count). The smallest absolute Gasteiger partial charge is 0.261 e. The third-order valence-corrected chi connectivity index (χ3v) is 6.98. The minimum atomic E-state index is -3.81. The number of sulfonamides is 1. The van der Waals surface area contributed by atoms with E-state index in [2.05, 4.69) is 10.0 Å². The highest BCUT2D eigenvalue weighted by Crippen LogP contribution is 2.47. The Morgan fingerprint density at radius 3 is 2.61 bits per heavy atom. The van der Waals surface area contributed by atoms with Gasteiger partial charge in [-0.15, -0.1) is 0 Å². The van der Waals surface area contributed by atoms with Crippen LogP contribution in [0.25, 0.3) is 0 Å². The van der Waals surface area contributed by atoms with Gasteiger partial charge in [0.2, 0.25) is 5.91 Å². The molecule has 1 amide bonds. The Labute approximate surface area is 163 Å². The van der Waals surface area contributed by atoms with Crippen LogP contribution in [0.3, 0.4) is 0 Å². The number of anilines is 2. The van der Waals surface area contributed by atoms with Crippen molar-refractivity contribution < 1.29 is 22.7 Å². The van der Waals surface area contributed by atoms with Crippen molar-refractivity contribution in [2.75, 3.05) is 10.0 Å². The normalized spacial score (nSPS) is 21.6. The molecule has 1 unspecified atom stereocenters. The van der Waals surface area contributed by atoms with Gasteiger partial charge in [0.05, 0.1) is 16.5 Å². The van der Waals surface area contributed by atoms with Crippen LogP contribution in [-0.2, 0) is 14.8 Å². The molecular formula is C20H20N2O5S. The third kappa shape index (κ3) is 2.71. The van der Waals surface area contributed by atoms with Crippen molar-refractivity contribution in [1.82, 2.24) is 0 Å². The molecule has 1 aliphatic carbocycles. The molecule has 146 valence electrons. The van der Waals surface area contributed by atoms with Crippen molar-refractivity contribution in [2.45, 2.75) is 49.2 Å². The first-order chi connectivity index (χ1) is 13.4. The molecule has 0 aromatic heterocycles. The lowest BCUT2D eigenvalue weighted by atomic mass is 10.0. The van der Waals surface area contributed by atoms with Crippen LogP contribution in [0.4, 0.5) is 11.4 Å². The lowest BCUT2D eigenvalue weighted by Crippen LogP contribution is -2.34. The van der Waals surface area contributed by atoms with Crippen molar-refractivity contribution in [3.8, 4) is 11.5 Å². The topological polar surface area (TPSA) is 93.7 Å². The van der Waals surface area contributed by atoms with E-state index in [1.165, 1.54) is 6.07 Å². The summed E-state index contributed by atoms with van der Waals surface area (Å²) in [6, 6.07) is 9.69. The number of fused-ring (bicyclic) bond motifs is 2. The van der Waals surface area contributed by atoms with Gasteiger partial charge in [0.15, 0.2) is 11.5 Å². The van der Waals surface area contributed by atoms with E-state index < -0.39 is 15.8 Å². The lowest BCUT2D eigenvalue weighted by molar-refractivity contribution is -0.116. The number of rotatable bonds is 3. The SMILES string of the molecule is CC1C(=O)Nc2ccc(S(=O)(=O)Nc3ccc4c(c3)OC3(CCCC3)O4)cc21. The molecule has 2 N–H and O–H groups in total. The second-order valence-electron chi connectivity index (χ2n) is 7.55. The first kappa shape index (κ1) is 17.4. The fraction of sp³-hybridized carbons (Fsp3) is 0.350. The average molecular weight is 400 g/mol. The van der Waals surface area contributed by atoms with E-state index in [1.807, 2.05) is 0 Å². The maximum absolute atomic E-state index is 12.9. The van der Waals surface area contributed by atoms with Crippen molar-refractivity contribution in [2.24, 2.45) is 0 Å². The summed E-state index contributed by atoms with van der Waals surface area (Å²) in [7, 11) is -3.81. The van der Waals surface area contributed by atoms with Gasteiger partial charge >= 0.3 is 0 Å². The molecule has 7 nitrogen and oxygen atoms in total. The summed E-state index contributed by atoms with van der Waals surface area (Å²) >= 11 is 0. The van der Waals surface area contributed by atoms with Crippen molar-refractivity contribution >= 4 is 27.3 Å². The maximum atomic E-state index is 12.9. The van der Waals surface area contributed by atoms with Gasteiger partial charge in [0.25, 0.3) is 15.8 Å². The fourth-order valence-corrected chi connectivity index (χ4v) is 5.14. The zero-order valence-electron chi connectivity index (χ0n) is 15.3. The predicted octanol–water partition coefficient (Wildman–Crippen LogP) is 3.58. The monoisotopic (exact) mass is 400 g/mol. The Balaban J connectivity index is 1.41. The molecular weight excluding hydrogens is 380 g/mol. The predicted molar refractivity (Wildman–Crippen MR) is 103 cm³/mol. The van der Waals surface area contributed by atoms with Gasteiger partial charge in [0, 0.05) is 24.6 Å². The highest BCUT2D eigenvalue weighted by Gasteiger charge is 2.44. The lowest BCUT2D eigenvalue weighted by Gasteiger charge is -2.21. The Morgan fingerprint density at radius 1 is 1.07 bits per heavy atom. The molecule has 1 spiro atoms. The van der Waals surface area contributed by atoms with Crippen LogP contribution in [0.1, 0.15) is 44.1 Å². The largest absolute Gasteiger partial charge is 0.448 e. The van der Waals surface area contributed by atoms with Crippen LogP contribution >= 0.6 is 0 Å². The summed E-state index contributed by atoms with van der Waals surface area (Å²) in [5.74, 6) is 0.0999.